The Morgan fingerprint density at radius 3 is 2.32 bits per heavy atom. The minimum Gasteiger partial charge on any atom is -0.491 e. The fourth-order valence-electron chi connectivity index (χ4n) is 4.22. The van der Waals surface area contributed by atoms with E-state index in [9.17, 15) is 9.59 Å². The number of nitrogens with zero attached hydrogens (tertiary/aromatic N) is 1. The van der Waals surface area contributed by atoms with Crippen molar-refractivity contribution in [2.45, 2.75) is 18.9 Å². The molecule has 176 valence electrons. The minimum absolute atomic E-state index is 0.0113. The predicted molar refractivity (Wildman–Crippen MR) is 127 cm³/mol. The summed E-state index contributed by atoms with van der Waals surface area (Å²) in [6.07, 6.45) is 3.81. The van der Waals surface area contributed by atoms with Gasteiger partial charge in [-0.05, 0) is 41.7 Å². The zero-order chi connectivity index (χ0) is 24.1. The van der Waals surface area contributed by atoms with Gasteiger partial charge in [0.15, 0.2) is 0 Å². The van der Waals surface area contributed by atoms with Gasteiger partial charge in [0.25, 0.3) is 5.91 Å². The molecule has 2 aromatic carbocycles. The number of ether oxygens (including phenoxy) is 2. The van der Waals surface area contributed by atoms with Gasteiger partial charge in [0.05, 0.1) is 31.4 Å². The molecular formula is C26H27N3O5. The van der Waals surface area contributed by atoms with Crippen LogP contribution in [0.1, 0.15) is 28.8 Å². The molecule has 3 N–H and O–H groups in total. The van der Waals surface area contributed by atoms with Crippen LogP contribution in [-0.2, 0) is 9.53 Å². The van der Waals surface area contributed by atoms with Crippen LogP contribution in [0.25, 0.3) is 11.1 Å². The van der Waals surface area contributed by atoms with E-state index in [0.717, 1.165) is 11.1 Å². The van der Waals surface area contributed by atoms with Crippen LogP contribution in [-0.4, -0.2) is 48.9 Å². The highest BCUT2D eigenvalue weighted by atomic mass is 16.5. The van der Waals surface area contributed by atoms with Gasteiger partial charge in [-0.15, -0.1) is 0 Å². The molecule has 1 aromatic heterocycles. The Morgan fingerprint density at radius 1 is 1.06 bits per heavy atom. The first-order chi connectivity index (χ1) is 16.4. The number of methoxy groups -OCH3 is 1. The van der Waals surface area contributed by atoms with E-state index in [2.05, 4.69) is 0 Å². The summed E-state index contributed by atoms with van der Waals surface area (Å²) in [4.78, 5) is 26.5. The van der Waals surface area contributed by atoms with Crippen molar-refractivity contribution < 1.29 is 23.5 Å². The lowest BCUT2D eigenvalue weighted by atomic mass is 10.0. The van der Waals surface area contributed by atoms with E-state index in [1.165, 1.54) is 19.6 Å². The zero-order valence-corrected chi connectivity index (χ0v) is 18.9. The van der Waals surface area contributed by atoms with Crippen LogP contribution in [0.3, 0.4) is 0 Å². The monoisotopic (exact) mass is 461 g/mol. The van der Waals surface area contributed by atoms with Crippen LogP contribution in [0, 0.1) is 11.3 Å². The SMILES string of the molecule is COC(=O)C[C@@H]1C[C@@H](COc2ccc(-c3ccc(C(=N)N)cc3)cc2)N(C(=O)c2ccoc2)C1. The predicted octanol–water partition coefficient (Wildman–Crippen LogP) is 3.70. The number of nitrogen functional groups attached to an aromatic ring is 1. The van der Waals surface area contributed by atoms with Gasteiger partial charge in [0, 0.05) is 12.1 Å². The van der Waals surface area contributed by atoms with Gasteiger partial charge in [-0.25, -0.2) is 0 Å². The number of hydrogen-bond donors (Lipinski definition) is 2. The maximum Gasteiger partial charge on any atom is 0.305 e. The molecule has 1 amide bonds. The number of nitrogens with two attached hydrogens (primary N) is 1. The molecule has 1 aliphatic rings. The van der Waals surface area contributed by atoms with Gasteiger partial charge in [-0.2, -0.15) is 0 Å². The van der Waals surface area contributed by atoms with Gasteiger partial charge in [0.1, 0.15) is 24.5 Å². The largest absolute Gasteiger partial charge is 0.491 e. The quantitative estimate of drug-likeness (QED) is 0.300. The van der Waals surface area contributed by atoms with E-state index in [-0.39, 0.29) is 36.1 Å². The fourth-order valence-corrected chi connectivity index (χ4v) is 4.22. The van der Waals surface area contributed by atoms with Crippen LogP contribution >= 0.6 is 0 Å². The molecule has 0 aliphatic carbocycles. The molecular weight excluding hydrogens is 434 g/mol. The van der Waals surface area contributed by atoms with Crippen LogP contribution < -0.4 is 10.5 Å². The summed E-state index contributed by atoms with van der Waals surface area (Å²) in [6.45, 7) is 0.774. The normalized spacial score (nSPS) is 17.4. The zero-order valence-electron chi connectivity index (χ0n) is 18.9. The van der Waals surface area contributed by atoms with E-state index in [0.29, 0.717) is 36.4 Å². The van der Waals surface area contributed by atoms with Crippen LogP contribution in [0.4, 0.5) is 0 Å². The van der Waals surface area contributed by atoms with Crippen molar-refractivity contribution in [1.82, 2.24) is 4.90 Å². The second kappa shape index (κ2) is 10.2. The first kappa shape index (κ1) is 23.1. The van der Waals surface area contributed by atoms with E-state index >= 15 is 0 Å². The number of furan rings is 1. The Balaban J connectivity index is 1.42. The standard InChI is InChI=1S/C26H27N3O5/c1-32-24(30)13-17-12-22(29(14-17)26(31)21-10-11-33-15-21)16-34-23-8-6-19(7-9-23)18-2-4-20(5-3-18)25(27)28/h2-11,15,17,22H,12-14,16H2,1H3,(H3,27,28)/t17-,22-/m0/s1. The van der Waals surface area contributed by atoms with Crippen molar-refractivity contribution in [3.8, 4) is 16.9 Å². The second-order valence-corrected chi connectivity index (χ2v) is 8.33. The highest BCUT2D eigenvalue weighted by Crippen LogP contribution is 2.29. The first-order valence-corrected chi connectivity index (χ1v) is 11.0. The lowest BCUT2D eigenvalue weighted by molar-refractivity contribution is -0.141. The summed E-state index contributed by atoms with van der Waals surface area (Å²) < 4.78 is 15.9. The molecule has 0 radical (unpaired) electrons. The van der Waals surface area contributed by atoms with Crippen molar-refractivity contribution in [2.24, 2.45) is 11.7 Å². The summed E-state index contributed by atoms with van der Waals surface area (Å²) >= 11 is 0. The minimum atomic E-state index is -0.283. The third-order valence-corrected chi connectivity index (χ3v) is 6.04. The molecule has 1 saturated heterocycles. The van der Waals surface area contributed by atoms with Gasteiger partial charge < -0.3 is 24.5 Å². The number of amides is 1. The van der Waals surface area contributed by atoms with E-state index in [4.69, 9.17) is 25.0 Å². The summed E-state index contributed by atoms with van der Waals surface area (Å²) in [5.74, 6) is 0.318. The van der Waals surface area contributed by atoms with Crippen molar-refractivity contribution in [3.05, 3.63) is 78.3 Å². The molecule has 0 bridgehead atoms. The number of likely N-dealkylation sites (tertiary alicyclic amines) is 1. The fraction of sp³-hybridized carbons (Fsp3) is 0.269. The maximum atomic E-state index is 13.0. The molecule has 4 rings (SSSR count). The smallest absolute Gasteiger partial charge is 0.305 e. The highest BCUT2D eigenvalue weighted by Gasteiger charge is 2.37. The van der Waals surface area contributed by atoms with Gasteiger partial charge >= 0.3 is 5.97 Å². The molecule has 8 heteroatoms. The summed E-state index contributed by atoms with van der Waals surface area (Å²) in [7, 11) is 1.37. The van der Waals surface area contributed by atoms with Gasteiger partial charge in [-0.1, -0.05) is 36.4 Å². The molecule has 1 fully saturated rings. The summed E-state index contributed by atoms with van der Waals surface area (Å²) in [6, 6.07) is 16.6. The van der Waals surface area contributed by atoms with Crippen LogP contribution in [0.2, 0.25) is 0 Å². The Kier molecular flexibility index (Phi) is 6.96. The van der Waals surface area contributed by atoms with Crippen LogP contribution in [0.5, 0.6) is 5.75 Å². The molecule has 1 aliphatic heterocycles. The molecule has 34 heavy (non-hydrogen) atoms. The third kappa shape index (κ3) is 5.28. The topological polar surface area (TPSA) is 119 Å². The first-order valence-electron chi connectivity index (χ1n) is 11.0. The Morgan fingerprint density at radius 2 is 1.74 bits per heavy atom. The lowest BCUT2D eigenvalue weighted by Gasteiger charge is -2.24. The van der Waals surface area contributed by atoms with Crippen molar-refractivity contribution in [2.75, 3.05) is 20.3 Å². The number of carbonyl (C=O) groups excluding carboxylic acids is 2. The number of amidine groups is 1. The molecule has 2 atom stereocenters. The van der Waals surface area contributed by atoms with E-state index < -0.39 is 0 Å². The van der Waals surface area contributed by atoms with Crippen LogP contribution in [0.15, 0.2) is 71.5 Å². The van der Waals surface area contributed by atoms with Crippen molar-refractivity contribution >= 4 is 17.7 Å². The Bertz CT molecular complexity index is 1140. The molecule has 0 saturated carbocycles. The van der Waals surface area contributed by atoms with E-state index in [1.54, 1.807) is 11.0 Å². The third-order valence-electron chi connectivity index (χ3n) is 6.04. The highest BCUT2D eigenvalue weighted by molar-refractivity contribution is 5.95. The number of hydrogen-bond acceptors (Lipinski definition) is 6. The number of carbonyl (C=O) groups is 2. The Labute approximate surface area is 197 Å². The molecule has 0 unspecified atom stereocenters. The molecule has 8 nitrogen and oxygen atoms in total. The maximum absolute atomic E-state index is 13.0. The van der Waals surface area contributed by atoms with Crippen molar-refractivity contribution in [1.29, 1.82) is 5.41 Å². The van der Waals surface area contributed by atoms with Gasteiger partial charge in [-0.3, -0.25) is 15.0 Å². The van der Waals surface area contributed by atoms with Gasteiger partial charge in [0.2, 0.25) is 0 Å². The number of nitrogens with one attached hydrogen (secondary N) is 1. The second-order valence-electron chi connectivity index (χ2n) is 8.33. The Hall–Kier alpha value is -4.07. The van der Waals surface area contributed by atoms with E-state index in [1.807, 2.05) is 48.5 Å². The summed E-state index contributed by atoms with van der Waals surface area (Å²) in [5, 5.41) is 7.50. The summed E-state index contributed by atoms with van der Waals surface area (Å²) in [5.41, 5.74) is 8.70. The molecule has 3 aromatic rings. The van der Waals surface area contributed by atoms with Crippen molar-refractivity contribution in [3.63, 3.8) is 0 Å². The number of rotatable bonds is 8. The lowest BCUT2D eigenvalue weighted by Crippen LogP contribution is -2.39. The molecule has 0 spiro atoms. The average Bonchev–Trinajstić information content (AvgIpc) is 3.53. The average molecular weight is 462 g/mol. The molecule has 2 heterocycles. The number of esters is 1. The number of benzene rings is 2.